The lowest BCUT2D eigenvalue weighted by molar-refractivity contribution is 0.0318. The first-order valence-corrected chi connectivity index (χ1v) is 7.76. The molecule has 0 aliphatic rings. The largest absolute Gasteiger partial charge is 0.451 e. The average molecular weight is 361 g/mol. The lowest BCUT2D eigenvalue weighted by atomic mass is 10.1. The van der Waals surface area contributed by atoms with Gasteiger partial charge in [-0.05, 0) is 44.5 Å². The second kappa shape index (κ2) is 6.88. The van der Waals surface area contributed by atoms with Crippen LogP contribution >= 0.6 is 15.9 Å². The molecule has 0 bridgehead atoms. The smallest absolute Gasteiger partial charge is 0.339 e. The average Bonchev–Trinajstić information content (AvgIpc) is 2.49. The first-order chi connectivity index (χ1) is 10.4. The normalized spacial score (nSPS) is 11.8. The number of aryl methyl sites for hydroxylation is 2. The molecule has 2 rings (SSSR count). The minimum absolute atomic E-state index is 0.217. The Morgan fingerprint density at radius 2 is 1.68 bits per heavy atom. The van der Waals surface area contributed by atoms with Gasteiger partial charge in [0.15, 0.2) is 6.10 Å². The molecule has 0 unspecified atom stereocenters. The van der Waals surface area contributed by atoms with Gasteiger partial charge < -0.3 is 4.74 Å². The van der Waals surface area contributed by atoms with Crippen molar-refractivity contribution in [1.82, 2.24) is 0 Å². The summed E-state index contributed by atoms with van der Waals surface area (Å²) in [5, 5.41) is 0. The van der Waals surface area contributed by atoms with E-state index in [1.807, 2.05) is 26.0 Å². The number of rotatable bonds is 4. The van der Waals surface area contributed by atoms with Crippen LogP contribution in [-0.2, 0) is 4.74 Å². The maximum atomic E-state index is 12.3. The predicted octanol–water partition coefficient (Wildman–Crippen LogP) is 4.49. The maximum Gasteiger partial charge on any atom is 0.339 e. The third kappa shape index (κ3) is 3.83. The summed E-state index contributed by atoms with van der Waals surface area (Å²) in [6, 6.07) is 12.5. The van der Waals surface area contributed by atoms with Gasteiger partial charge in [-0.1, -0.05) is 45.8 Å². The zero-order valence-corrected chi connectivity index (χ0v) is 14.3. The van der Waals surface area contributed by atoms with E-state index < -0.39 is 12.1 Å². The third-order valence-corrected chi connectivity index (χ3v) is 3.92. The molecule has 0 aromatic heterocycles. The number of ketones is 1. The molecule has 0 saturated heterocycles. The van der Waals surface area contributed by atoms with Crippen molar-refractivity contribution in [2.75, 3.05) is 0 Å². The molecule has 0 saturated carbocycles. The maximum absolute atomic E-state index is 12.3. The van der Waals surface area contributed by atoms with E-state index in [4.69, 9.17) is 4.74 Å². The molecule has 0 aliphatic heterocycles. The summed E-state index contributed by atoms with van der Waals surface area (Å²) in [5.74, 6) is -0.690. The number of halogens is 1. The van der Waals surface area contributed by atoms with E-state index in [0.29, 0.717) is 11.1 Å². The van der Waals surface area contributed by atoms with E-state index >= 15 is 0 Å². The number of hydrogen-bond acceptors (Lipinski definition) is 3. The standard InChI is InChI=1S/C18H17BrO3/c1-11-4-5-12(2)16(10-11)18(21)22-13(3)17(20)14-6-8-15(19)9-7-14/h4-10,13H,1-3H3/t13-/m0/s1. The Morgan fingerprint density at radius 3 is 2.32 bits per heavy atom. The summed E-state index contributed by atoms with van der Waals surface area (Å²) >= 11 is 3.32. The molecule has 2 aromatic carbocycles. The minimum Gasteiger partial charge on any atom is -0.451 e. The molecule has 0 amide bonds. The van der Waals surface area contributed by atoms with Gasteiger partial charge in [-0.25, -0.2) is 4.79 Å². The molecule has 22 heavy (non-hydrogen) atoms. The van der Waals surface area contributed by atoms with E-state index in [1.54, 1.807) is 37.3 Å². The molecule has 114 valence electrons. The molecule has 1 atom stereocenters. The highest BCUT2D eigenvalue weighted by Crippen LogP contribution is 2.16. The van der Waals surface area contributed by atoms with Crippen LogP contribution in [0.25, 0.3) is 0 Å². The monoisotopic (exact) mass is 360 g/mol. The Morgan fingerprint density at radius 1 is 1.05 bits per heavy atom. The van der Waals surface area contributed by atoms with Gasteiger partial charge in [0.1, 0.15) is 0 Å². The van der Waals surface area contributed by atoms with Crippen molar-refractivity contribution >= 4 is 27.7 Å². The number of benzene rings is 2. The number of esters is 1. The summed E-state index contributed by atoms with van der Waals surface area (Å²) in [6.45, 7) is 5.34. The van der Waals surface area contributed by atoms with Gasteiger partial charge in [0.05, 0.1) is 5.56 Å². The molecule has 0 spiro atoms. The van der Waals surface area contributed by atoms with Crippen LogP contribution in [-0.4, -0.2) is 17.9 Å². The number of carbonyl (C=O) groups excluding carboxylic acids is 2. The van der Waals surface area contributed by atoms with Crippen LogP contribution in [0.15, 0.2) is 46.9 Å². The minimum atomic E-state index is -0.825. The fourth-order valence-corrected chi connectivity index (χ4v) is 2.35. The van der Waals surface area contributed by atoms with Crippen LogP contribution in [0.4, 0.5) is 0 Å². The molecule has 4 heteroatoms. The molecule has 0 radical (unpaired) electrons. The number of carbonyl (C=O) groups is 2. The summed E-state index contributed by atoms with van der Waals surface area (Å²) in [6.07, 6.45) is -0.825. The zero-order valence-electron chi connectivity index (χ0n) is 12.7. The van der Waals surface area contributed by atoms with Crippen LogP contribution in [0.5, 0.6) is 0 Å². The van der Waals surface area contributed by atoms with E-state index in [9.17, 15) is 9.59 Å². The Bertz CT molecular complexity index is 705. The Labute approximate surface area is 138 Å². The van der Waals surface area contributed by atoms with E-state index in [2.05, 4.69) is 15.9 Å². The lowest BCUT2D eigenvalue weighted by Crippen LogP contribution is -2.24. The molecule has 0 N–H and O–H groups in total. The quantitative estimate of drug-likeness (QED) is 0.595. The Hall–Kier alpha value is -1.94. The third-order valence-electron chi connectivity index (χ3n) is 3.39. The van der Waals surface area contributed by atoms with Crippen LogP contribution in [0.2, 0.25) is 0 Å². The van der Waals surface area contributed by atoms with Gasteiger partial charge in [0, 0.05) is 10.0 Å². The fourth-order valence-electron chi connectivity index (χ4n) is 2.08. The van der Waals surface area contributed by atoms with Gasteiger partial charge in [-0.15, -0.1) is 0 Å². The summed E-state index contributed by atoms with van der Waals surface area (Å²) in [5.41, 5.74) is 2.82. The van der Waals surface area contributed by atoms with Gasteiger partial charge in [0.2, 0.25) is 5.78 Å². The van der Waals surface area contributed by atoms with Crippen molar-refractivity contribution in [2.24, 2.45) is 0 Å². The van der Waals surface area contributed by atoms with Crippen molar-refractivity contribution in [3.05, 3.63) is 69.2 Å². The van der Waals surface area contributed by atoms with E-state index in [-0.39, 0.29) is 5.78 Å². The SMILES string of the molecule is Cc1ccc(C)c(C(=O)O[C@@H](C)C(=O)c2ccc(Br)cc2)c1. The van der Waals surface area contributed by atoms with E-state index in [1.165, 1.54) is 0 Å². The molecule has 0 heterocycles. The summed E-state index contributed by atoms with van der Waals surface area (Å²) < 4.78 is 6.21. The van der Waals surface area contributed by atoms with Crippen LogP contribution in [0.1, 0.15) is 38.8 Å². The summed E-state index contributed by atoms with van der Waals surface area (Å²) in [7, 11) is 0. The Kier molecular flexibility index (Phi) is 5.14. The highest BCUT2D eigenvalue weighted by Gasteiger charge is 2.21. The Balaban J connectivity index is 2.12. The molecule has 0 fully saturated rings. The first kappa shape index (κ1) is 16.4. The van der Waals surface area contributed by atoms with Gasteiger partial charge in [-0.3, -0.25) is 4.79 Å². The molecular weight excluding hydrogens is 344 g/mol. The van der Waals surface area contributed by atoms with Crippen molar-refractivity contribution in [3.8, 4) is 0 Å². The van der Waals surface area contributed by atoms with Gasteiger partial charge >= 0.3 is 5.97 Å². The van der Waals surface area contributed by atoms with Crippen molar-refractivity contribution < 1.29 is 14.3 Å². The lowest BCUT2D eigenvalue weighted by Gasteiger charge is -2.14. The molecule has 2 aromatic rings. The van der Waals surface area contributed by atoms with Gasteiger partial charge in [0.25, 0.3) is 0 Å². The fraction of sp³-hybridized carbons (Fsp3) is 0.222. The highest BCUT2D eigenvalue weighted by atomic mass is 79.9. The topological polar surface area (TPSA) is 43.4 Å². The van der Waals surface area contributed by atoms with Crippen LogP contribution in [0.3, 0.4) is 0 Å². The second-order valence-electron chi connectivity index (χ2n) is 5.24. The zero-order chi connectivity index (χ0) is 16.3. The highest BCUT2D eigenvalue weighted by molar-refractivity contribution is 9.10. The van der Waals surface area contributed by atoms with Crippen LogP contribution in [0, 0.1) is 13.8 Å². The second-order valence-corrected chi connectivity index (χ2v) is 6.15. The van der Waals surface area contributed by atoms with E-state index in [0.717, 1.165) is 15.6 Å². The summed E-state index contributed by atoms with van der Waals surface area (Å²) in [4.78, 5) is 24.5. The number of ether oxygens (including phenoxy) is 1. The molecular formula is C18H17BrO3. The first-order valence-electron chi connectivity index (χ1n) is 6.96. The van der Waals surface area contributed by atoms with Crippen LogP contribution < -0.4 is 0 Å². The van der Waals surface area contributed by atoms with Crippen molar-refractivity contribution in [3.63, 3.8) is 0 Å². The number of Topliss-reactive ketones (excluding diaryl/α,β-unsaturated/α-hetero) is 1. The predicted molar refractivity (Wildman–Crippen MR) is 89.3 cm³/mol. The van der Waals surface area contributed by atoms with Gasteiger partial charge in [-0.2, -0.15) is 0 Å². The number of hydrogen-bond donors (Lipinski definition) is 0. The van der Waals surface area contributed by atoms with Crippen molar-refractivity contribution in [1.29, 1.82) is 0 Å². The van der Waals surface area contributed by atoms with Crippen molar-refractivity contribution in [2.45, 2.75) is 26.9 Å². The molecule has 3 nitrogen and oxygen atoms in total. The molecule has 0 aliphatic carbocycles.